The van der Waals surface area contributed by atoms with Crippen LogP contribution in [0.4, 0.5) is 5.69 Å². The lowest BCUT2D eigenvalue weighted by atomic mass is 9.79. The molecule has 2 aliphatic rings. The molecule has 1 atom stereocenters. The molecule has 0 unspecified atom stereocenters. The third-order valence-electron chi connectivity index (χ3n) is 5.58. The largest absolute Gasteiger partial charge is 0.494 e. The van der Waals surface area contributed by atoms with Gasteiger partial charge in [0.2, 0.25) is 0 Å². The number of hydrogen-bond acceptors (Lipinski definition) is 4. The third-order valence-corrected chi connectivity index (χ3v) is 5.58. The first kappa shape index (κ1) is 16.8. The molecule has 2 fully saturated rings. The number of likely N-dealkylation sites (N-methyl/N-ethyl adjacent to an activating group) is 1. The van der Waals surface area contributed by atoms with E-state index in [9.17, 15) is 0 Å². The van der Waals surface area contributed by atoms with Gasteiger partial charge in [0, 0.05) is 31.4 Å². The Labute approximate surface area is 140 Å². The number of rotatable bonds is 2. The molecule has 3 rings (SSSR count). The molecule has 23 heavy (non-hydrogen) atoms. The number of hydrogen-bond donors (Lipinski definition) is 0. The molecule has 2 saturated heterocycles. The molecule has 0 amide bonds. The highest BCUT2D eigenvalue weighted by molar-refractivity contribution is 6.62. The van der Waals surface area contributed by atoms with E-state index in [1.54, 1.807) is 0 Å². The monoisotopic (exact) mass is 316 g/mol. The molecular formula is C18H29BN2O2. The molecule has 0 N–H and O–H groups in total. The smallest absolute Gasteiger partial charge is 0.399 e. The molecular weight excluding hydrogens is 287 g/mol. The number of anilines is 1. The van der Waals surface area contributed by atoms with Gasteiger partial charge >= 0.3 is 7.12 Å². The van der Waals surface area contributed by atoms with Gasteiger partial charge in [0.25, 0.3) is 0 Å². The highest BCUT2D eigenvalue weighted by Gasteiger charge is 2.51. The van der Waals surface area contributed by atoms with Crippen molar-refractivity contribution in [1.82, 2.24) is 4.90 Å². The van der Waals surface area contributed by atoms with Gasteiger partial charge < -0.3 is 19.1 Å². The van der Waals surface area contributed by atoms with E-state index in [0.717, 1.165) is 25.1 Å². The minimum atomic E-state index is -0.289. The maximum Gasteiger partial charge on any atom is 0.494 e. The zero-order valence-corrected chi connectivity index (χ0v) is 15.3. The predicted octanol–water partition coefficient (Wildman–Crippen LogP) is 2.13. The first-order valence-corrected chi connectivity index (χ1v) is 8.60. The molecule has 2 heterocycles. The highest BCUT2D eigenvalue weighted by Crippen LogP contribution is 2.36. The van der Waals surface area contributed by atoms with Gasteiger partial charge in [0.05, 0.1) is 11.2 Å². The van der Waals surface area contributed by atoms with Crippen molar-refractivity contribution in [2.24, 2.45) is 0 Å². The van der Waals surface area contributed by atoms with Crippen LogP contribution in [-0.4, -0.2) is 55.9 Å². The third kappa shape index (κ3) is 3.15. The van der Waals surface area contributed by atoms with Crippen molar-refractivity contribution in [3.63, 3.8) is 0 Å². The van der Waals surface area contributed by atoms with E-state index in [2.05, 4.69) is 75.7 Å². The van der Waals surface area contributed by atoms with Crippen molar-refractivity contribution in [3.8, 4) is 0 Å². The van der Waals surface area contributed by atoms with Crippen LogP contribution in [0.3, 0.4) is 0 Å². The summed E-state index contributed by atoms with van der Waals surface area (Å²) in [6.45, 7) is 14.0. The average molecular weight is 316 g/mol. The highest BCUT2D eigenvalue weighted by atomic mass is 16.7. The van der Waals surface area contributed by atoms with Crippen LogP contribution < -0.4 is 10.4 Å². The van der Waals surface area contributed by atoms with Crippen molar-refractivity contribution in [2.75, 3.05) is 31.6 Å². The predicted molar refractivity (Wildman–Crippen MR) is 96.5 cm³/mol. The van der Waals surface area contributed by atoms with Crippen LogP contribution in [0.1, 0.15) is 34.6 Å². The lowest BCUT2D eigenvalue weighted by Gasteiger charge is -2.39. The SMILES string of the molecule is C[C@@H]1CN(C)CCN1c1ccc(B2OC(C)(C)C(C)(C)O2)cc1. The Bertz CT molecular complexity index is 543. The first-order chi connectivity index (χ1) is 10.7. The number of benzene rings is 1. The zero-order valence-electron chi connectivity index (χ0n) is 15.3. The molecule has 126 valence electrons. The summed E-state index contributed by atoms with van der Waals surface area (Å²) < 4.78 is 12.3. The van der Waals surface area contributed by atoms with Gasteiger partial charge in [-0.25, -0.2) is 0 Å². The van der Waals surface area contributed by atoms with E-state index >= 15 is 0 Å². The van der Waals surface area contributed by atoms with E-state index < -0.39 is 0 Å². The van der Waals surface area contributed by atoms with Crippen molar-refractivity contribution < 1.29 is 9.31 Å². The fraction of sp³-hybridized carbons (Fsp3) is 0.667. The minimum Gasteiger partial charge on any atom is -0.399 e. The second-order valence-corrected chi connectivity index (χ2v) is 7.98. The van der Waals surface area contributed by atoms with Crippen LogP contribution in [0, 0.1) is 0 Å². The van der Waals surface area contributed by atoms with Gasteiger partial charge in [-0.1, -0.05) is 12.1 Å². The molecule has 0 aliphatic carbocycles. The second-order valence-electron chi connectivity index (χ2n) is 7.98. The Balaban J connectivity index is 1.73. The Morgan fingerprint density at radius 1 is 1.00 bits per heavy atom. The van der Waals surface area contributed by atoms with Gasteiger partial charge in [-0.05, 0) is 59.3 Å². The van der Waals surface area contributed by atoms with Gasteiger partial charge in [-0.2, -0.15) is 0 Å². The number of nitrogens with zero attached hydrogens (tertiary/aromatic N) is 2. The molecule has 0 saturated carbocycles. The van der Waals surface area contributed by atoms with Crippen molar-refractivity contribution in [1.29, 1.82) is 0 Å². The van der Waals surface area contributed by atoms with Gasteiger partial charge in [0.1, 0.15) is 0 Å². The van der Waals surface area contributed by atoms with E-state index in [1.807, 2.05) is 0 Å². The minimum absolute atomic E-state index is 0.279. The fourth-order valence-electron chi connectivity index (χ4n) is 3.33. The van der Waals surface area contributed by atoms with E-state index in [4.69, 9.17) is 9.31 Å². The zero-order chi connectivity index (χ0) is 16.8. The summed E-state index contributed by atoms with van der Waals surface area (Å²) in [7, 11) is 1.91. The molecule has 4 nitrogen and oxygen atoms in total. The lowest BCUT2D eigenvalue weighted by Crippen LogP contribution is -2.50. The van der Waals surface area contributed by atoms with Crippen LogP contribution in [0.15, 0.2) is 24.3 Å². The molecule has 2 aliphatic heterocycles. The van der Waals surface area contributed by atoms with Crippen molar-refractivity contribution in [3.05, 3.63) is 24.3 Å². The standard InChI is InChI=1S/C18H29BN2O2/c1-14-13-20(6)11-12-21(14)16-9-7-15(8-10-16)19-22-17(2,3)18(4,5)23-19/h7-10,14H,11-13H2,1-6H3/t14-/m1/s1. The summed E-state index contributed by atoms with van der Waals surface area (Å²) in [6, 6.07) is 9.21. The fourth-order valence-corrected chi connectivity index (χ4v) is 3.33. The molecule has 5 heteroatoms. The summed E-state index contributed by atoms with van der Waals surface area (Å²) >= 11 is 0. The van der Waals surface area contributed by atoms with Crippen molar-refractivity contribution >= 4 is 18.3 Å². The van der Waals surface area contributed by atoms with Crippen LogP contribution in [0.5, 0.6) is 0 Å². The van der Waals surface area contributed by atoms with E-state index in [0.29, 0.717) is 6.04 Å². The molecule has 0 radical (unpaired) electrons. The van der Waals surface area contributed by atoms with Crippen LogP contribution in [0.25, 0.3) is 0 Å². The van der Waals surface area contributed by atoms with Crippen LogP contribution >= 0.6 is 0 Å². The molecule has 0 spiro atoms. The topological polar surface area (TPSA) is 24.9 Å². The Morgan fingerprint density at radius 3 is 2.09 bits per heavy atom. The number of piperazine rings is 1. The summed E-state index contributed by atoms with van der Waals surface area (Å²) in [5, 5.41) is 0. The summed E-state index contributed by atoms with van der Waals surface area (Å²) in [6.07, 6.45) is 0. The Hall–Kier alpha value is -1.04. The molecule has 1 aromatic carbocycles. The van der Waals surface area contributed by atoms with Gasteiger partial charge in [-0.3, -0.25) is 0 Å². The van der Waals surface area contributed by atoms with Crippen LogP contribution in [-0.2, 0) is 9.31 Å². The Kier molecular flexibility index (Phi) is 4.24. The van der Waals surface area contributed by atoms with E-state index in [1.165, 1.54) is 5.69 Å². The van der Waals surface area contributed by atoms with Gasteiger partial charge in [-0.15, -0.1) is 0 Å². The summed E-state index contributed by atoms with van der Waals surface area (Å²) in [5.41, 5.74) is 1.80. The lowest BCUT2D eigenvalue weighted by molar-refractivity contribution is 0.00578. The van der Waals surface area contributed by atoms with Crippen LogP contribution in [0.2, 0.25) is 0 Å². The van der Waals surface area contributed by atoms with E-state index in [-0.39, 0.29) is 18.3 Å². The maximum atomic E-state index is 6.13. The summed E-state index contributed by atoms with van der Waals surface area (Å²) in [4.78, 5) is 4.87. The first-order valence-electron chi connectivity index (χ1n) is 8.60. The van der Waals surface area contributed by atoms with Crippen molar-refractivity contribution in [2.45, 2.75) is 51.9 Å². The normalized spacial score (nSPS) is 27.5. The summed E-state index contributed by atoms with van der Waals surface area (Å²) in [5.74, 6) is 0. The van der Waals surface area contributed by atoms with Gasteiger partial charge in [0.15, 0.2) is 0 Å². The Morgan fingerprint density at radius 2 is 1.57 bits per heavy atom. The quantitative estimate of drug-likeness (QED) is 0.781. The molecule has 1 aromatic rings. The second kappa shape index (κ2) is 5.80. The average Bonchev–Trinajstić information content (AvgIpc) is 2.68. The molecule has 0 aromatic heterocycles. The molecule has 0 bridgehead atoms. The maximum absolute atomic E-state index is 6.13.